The van der Waals surface area contributed by atoms with Crippen molar-refractivity contribution >= 4 is 17.6 Å². The van der Waals surface area contributed by atoms with Crippen LogP contribution in [0.3, 0.4) is 0 Å². The van der Waals surface area contributed by atoms with Crippen molar-refractivity contribution in [3.63, 3.8) is 0 Å². The third-order valence-corrected chi connectivity index (χ3v) is 5.54. The zero-order chi connectivity index (χ0) is 21.8. The first-order valence-electron chi connectivity index (χ1n) is 10.7. The summed E-state index contributed by atoms with van der Waals surface area (Å²) in [5, 5.41) is 9.35. The monoisotopic (exact) mass is 413 g/mol. The highest BCUT2D eigenvalue weighted by atomic mass is 16.5. The molecule has 0 aliphatic carbocycles. The van der Waals surface area contributed by atoms with Crippen LogP contribution in [0.15, 0.2) is 29.3 Å². The number of aliphatic imine (C=N–C) groups is 1. The van der Waals surface area contributed by atoms with Gasteiger partial charge in [-0.05, 0) is 24.1 Å². The molecule has 0 aromatic heterocycles. The maximum Gasteiger partial charge on any atom is 0.243 e. The fourth-order valence-electron chi connectivity index (χ4n) is 3.81. The fourth-order valence-corrected chi connectivity index (χ4v) is 3.81. The summed E-state index contributed by atoms with van der Waals surface area (Å²) in [6.07, 6.45) is 7.67. The maximum atomic E-state index is 12.3. The van der Waals surface area contributed by atoms with Gasteiger partial charge in [0, 0.05) is 44.0 Å². The smallest absolute Gasteiger partial charge is 0.243 e. The van der Waals surface area contributed by atoms with E-state index < -0.39 is 0 Å². The summed E-state index contributed by atoms with van der Waals surface area (Å²) < 4.78 is 5.52. The number of nitrogens with zero attached hydrogens (tertiary/aromatic N) is 2. The van der Waals surface area contributed by atoms with Crippen LogP contribution in [0.1, 0.15) is 32.3 Å². The van der Waals surface area contributed by atoms with Crippen molar-refractivity contribution < 1.29 is 9.53 Å². The normalized spacial score (nSPS) is 16.0. The molecule has 7 nitrogen and oxygen atoms in total. The molecular formula is C23H35N5O2. The van der Waals surface area contributed by atoms with Gasteiger partial charge in [-0.3, -0.25) is 14.7 Å². The number of carbonyl (C=O) groups is 1. The van der Waals surface area contributed by atoms with Gasteiger partial charge in [0.1, 0.15) is 0 Å². The van der Waals surface area contributed by atoms with E-state index in [2.05, 4.69) is 45.6 Å². The Morgan fingerprint density at radius 3 is 2.63 bits per heavy atom. The second-order valence-electron chi connectivity index (χ2n) is 7.37. The fraction of sp³-hybridized carbons (Fsp3) is 0.565. The van der Waals surface area contributed by atoms with E-state index in [9.17, 15) is 4.79 Å². The lowest BCUT2D eigenvalue weighted by Gasteiger charge is -2.39. The number of benzene rings is 1. The molecule has 0 saturated carbocycles. The number of nitrogens with one attached hydrogen (secondary N) is 3. The van der Waals surface area contributed by atoms with Crippen LogP contribution >= 0.6 is 0 Å². The number of morpholine rings is 1. The van der Waals surface area contributed by atoms with Gasteiger partial charge in [0.2, 0.25) is 5.91 Å². The standard InChI is InChI=1S/C23H35N5O2/c1-5-18-9-8-10-20(15-18)27-22(29)17-26-23(24-4)25-16-21(19(6-2)7-3)28-11-13-30-14-12-28/h1,8-10,15,19,21H,6-7,11-14,16-17H2,2-4H3,(H,27,29)(H2,24,25,26). The van der Waals surface area contributed by atoms with Crippen LogP contribution in [0.4, 0.5) is 5.69 Å². The average molecular weight is 414 g/mol. The zero-order valence-electron chi connectivity index (χ0n) is 18.4. The Morgan fingerprint density at radius 1 is 1.27 bits per heavy atom. The molecule has 1 aliphatic rings. The molecule has 1 heterocycles. The number of ether oxygens (including phenoxy) is 1. The van der Waals surface area contributed by atoms with E-state index in [4.69, 9.17) is 11.2 Å². The summed E-state index contributed by atoms with van der Waals surface area (Å²) in [5.74, 6) is 3.62. The number of guanidine groups is 1. The first kappa shape index (κ1) is 23.7. The molecule has 30 heavy (non-hydrogen) atoms. The van der Waals surface area contributed by atoms with Crippen LogP contribution in [0.2, 0.25) is 0 Å². The van der Waals surface area contributed by atoms with Gasteiger partial charge < -0.3 is 20.7 Å². The lowest BCUT2D eigenvalue weighted by molar-refractivity contribution is -0.115. The summed E-state index contributed by atoms with van der Waals surface area (Å²) in [6, 6.07) is 7.64. The summed E-state index contributed by atoms with van der Waals surface area (Å²) in [4.78, 5) is 19.1. The first-order chi connectivity index (χ1) is 14.6. The summed E-state index contributed by atoms with van der Waals surface area (Å²) >= 11 is 0. The van der Waals surface area contributed by atoms with Gasteiger partial charge in [0.25, 0.3) is 0 Å². The topological polar surface area (TPSA) is 78.0 Å². The molecule has 1 aliphatic heterocycles. The molecule has 1 aromatic carbocycles. The number of rotatable bonds is 9. The van der Waals surface area contributed by atoms with Crippen LogP contribution in [-0.2, 0) is 9.53 Å². The van der Waals surface area contributed by atoms with E-state index in [-0.39, 0.29) is 12.5 Å². The molecule has 0 spiro atoms. The third-order valence-electron chi connectivity index (χ3n) is 5.54. The number of carbonyl (C=O) groups excluding carboxylic acids is 1. The van der Waals surface area contributed by atoms with Gasteiger partial charge in [0.15, 0.2) is 5.96 Å². The first-order valence-corrected chi connectivity index (χ1v) is 10.7. The summed E-state index contributed by atoms with van der Waals surface area (Å²) in [5.41, 5.74) is 1.41. The number of amides is 1. The number of hydrogen-bond acceptors (Lipinski definition) is 4. The average Bonchev–Trinajstić information content (AvgIpc) is 2.79. The van der Waals surface area contributed by atoms with Gasteiger partial charge in [-0.25, -0.2) is 0 Å². The van der Waals surface area contributed by atoms with Crippen molar-refractivity contribution in [1.29, 1.82) is 0 Å². The Balaban J connectivity index is 1.87. The number of hydrogen-bond donors (Lipinski definition) is 3. The second kappa shape index (κ2) is 12.9. The number of terminal acetylenes is 1. The molecule has 164 valence electrons. The predicted octanol–water partition coefficient (Wildman–Crippen LogP) is 1.91. The molecule has 1 amide bonds. The van der Waals surface area contributed by atoms with Crippen LogP contribution in [-0.4, -0.2) is 69.2 Å². The molecule has 1 unspecified atom stereocenters. The zero-order valence-corrected chi connectivity index (χ0v) is 18.4. The highest BCUT2D eigenvalue weighted by molar-refractivity contribution is 5.95. The Kier molecular flexibility index (Phi) is 10.2. The predicted molar refractivity (Wildman–Crippen MR) is 123 cm³/mol. The van der Waals surface area contributed by atoms with E-state index in [1.165, 1.54) is 0 Å². The van der Waals surface area contributed by atoms with Gasteiger partial charge in [0.05, 0.1) is 19.8 Å². The Hall–Kier alpha value is -2.56. The lowest BCUT2D eigenvalue weighted by atomic mass is 9.92. The number of anilines is 1. The van der Waals surface area contributed by atoms with Gasteiger partial charge >= 0.3 is 0 Å². The van der Waals surface area contributed by atoms with Crippen molar-refractivity contribution in [3.05, 3.63) is 29.8 Å². The van der Waals surface area contributed by atoms with Crippen molar-refractivity contribution in [2.45, 2.75) is 32.7 Å². The second-order valence-corrected chi connectivity index (χ2v) is 7.37. The molecule has 3 N–H and O–H groups in total. The van der Waals surface area contributed by atoms with Crippen molar-refractivity contribution in [1.82, 2.24) is 15.5 Å². The van der Waals surface area contributed by atoms with Crippen LogP contribution in [0.25, 0.3) is 0 Å². The van der Waals surface area contributed by atoms with Crippen molar-refractivity contribution in [2.24, 2.45) is 10.9 Å². The van der Waals surface area contributed by atoms with E-state index in [0.29, 0.717) is 23.6 Å². The highest BCUT2D eigenvalue weighted by Crippen LogP contribution is 2.19. The van der Waals surface area contributed by atoms with Crippen LogP contribution in [0.5, 0.6) is 0 Å². The minimum Gasteiger partial charge on any atom is -0.379 e. The highest BCUT2D eigenvalue weighted by Gasteiger charge is 2.27. The lowest BCUT2D eigenvalue weighted by Crippen LogP contribution is -2.53. The Morgan fingerprint density at radius 2 is 2.00 bits per heavy atom. The van der Waals surface area contributed by atoms with E-state index in [1.54, 1.807) is 13.1 Å². The van der Waals surface area contributed by atoms with Crippen molar-refractivity contribution in [3.8, 4) is 12.3 Å². The van der Waals surface area contributed by atoms with E-state index in [1.807, 2.05) is 18.2 Å². The molecule has 2 rings (SSSR count). The molecule has 1 atom stereocenters. The quantitative estimate of drug-likeness (QED) is 0.327. The molecule has 7 heteroatoms. The third kappa shape index (κ3) is 7.36. The molecule has 1 aromatic rings. The largest absolute Gasteiger partial charge is 0.379 e. The molecule has 0 radical (unpaired) electrons. The van der Waals surface area contributed by atoms with E-state index in [0.717, 1.165) is 51.3 Å². The molecular weight excluding hydrogens is 378 g/mol. The van der Waals surface area contributed by atoms with Gasteiger partial charge in [-0.1, -0.05) is 38.7 Å². The van der Waals surface area contributed by atoms with Crippen LogP contribution < -0.4 is 16.0 Å². The minimum atomic E-state index is -0.156. The Bertz CT molecular complexity index is 733. The summed E-state index contributed by atoms with van der Waals surface area (Å²) in [6.45, 7) is 8.85. The SMILES string of the molecule is C#Cc1cccc(NC(=O)CNC(=NC)NCC(C(CC)CC)N2CCOCC2)c1. The van der Waals surface area contributed by atoms with E-state index >= 15 is 0 Å². The van der Waals surface area contributed by atoms with Crippen LogP contribution in [0, 0.1) is 18.3 Å². The van der Waals surface area contributed by atoms with Gasteiger partial charge in [-0.15, -0.1) is 6.42 Å². The minimum absolute atomic E-state index is 0.118. The summed E-state index contributed by atoms with van der Waals surface area (Å²) in [7, 11) is 1.71. The molecule has 1 saturated heterocycles. The maximum absolute atomic E-state index is 12.3. The molecule has 1 fully saturated rings. The Labute approximate surface area is 180 Å². The van der Waals surface area contributed by atoms with Crippen molar-refractivity contribution in [2.75, 3.05) is 51.8 Å². The molecule has 0 bridgehead atoms. The van der Waals surface area contributed by atoms with Gasteiger partial charge in [-0.2, -0.15) is 0 Å².